The topological polar surface area (TPSA) is 67.9 Å². The van der Waals surface area contributed by atoms with Gasteiger partial charge < -0.3 is 19.7 Å². The molecule has 2 rings (SSSR count). The summed E-state index contributed by atoms with van der Waals surface area (Å²) in [5.41, 5.74) is -0.0692. The molecular formula is C15H26N2O4. The van der Waals surface area contributed by atoms with Crippen LogP contribution in [0.2, 0.25) is 0 Å². The molecule has 0 bridgehead atoms. The average molecular weight is 298 g/mol. The molecule has 0 unspecified atom stereocenters. The quantitative estimate of drug-likeness (QED) is 0.858. The summed E-state index contributed by atoms with van der Waals surface area (Å²) in [5.74, 6) is 0.0314. The van der Waals surface area contributed by atoms with Crippen LogP contribution in [0.25, 0.3) is 0 Å². The van der Waals surface area contributed by atoms with E-state index in [-0.39, 0.29) is 17.4 Å². The molecule has 2 fully saturated rings. The van der Waals surface area contributed by atoms with Crippen LogP contribution in [0, 0.1) is 5.92 Å². The Morgan fingerprint density at radius 2 is 1.90 bits per heavy atom. The molecule has 2 amide bonds. The first kappa shape index (κ1) is 16.1. The Kier molecular flexibility index (Phi) is 5.08. The zero-order valence-electron chi connectivity index (χ0n) is 13.2. The van der Waals surface area contributed by atoms with Gasteiger partial charge in [0, 0.05) is 25.3 Å². The number of hydrogen-bond donors (Lipinski definition) is 1. The largest absolute Gasteiger partial charge is 0.453 e. The van der Waals surface area contributed by atoms with Crippen molar-refractivity contribution < 1.29 is 19.1 Å². The standard InChI is InChI=1S/C15H26N2O4/c1-11(2)12(16-14(19)20-3)13(18)17-8-4-5-15(17)6-9-21-10-7-15/h11-12H,4-10H2,1-3H3,(H,16,19)/t12-/m0/s1. The van der Waals surface area contributed by atoms with Crippen LogP contribution >= 0.6 is 0 Å². The molecule has 1 N–H and O–H groups in total. The van der Waals surface area contributed by atoms with E-state index in [1.54, 1.807) is 0 Å². The molecule has 6 heteroatoms. The van der Waals surface area contributed by atoms with Gasteiger partial charge in [0.2, 0.25) is 5.91 Å². The third-order valence-electron chi connectivity index (χ3n) is 4.68. The number of nitrogens with zero attached hydrogens (tertiary/aromatic N) is 1. The van der Waals surface area contributed by atoms with Gasteiger partial charge >= 0.3 is 6.09 Å². The van der Waals surface area contributed by atoms with Crippen LogP contribution in [0.5, 0.6) is 0 Å². The molecule has 120 valence electrons. The summed E-state index contributed by atoms with van der Waals surface area (Å²) in [6.45, 7) is 6.06. The van der Waals surface area contributed by atoms with E-state index in [9.17, 15) is 9.59 Å². The molecule has 2 heterocycles. The Morgan fingerprint density at radius 3 is 2.48 bits per heavy atom. The number of hydrogen-bond acceptors (Lipinski definition) is 4. The van der Waals surface area contributed by atoms with Crippen LogP contribution < -0.4 is 5.32 Å². The van der Waals surface area contributed by atoms with Gasteiger partial charge in [0.15, 0.2) is 0 Å². The molecule has 2 aliphatic rings. The first-order valence-electron chi connectivity index (χ1n) is 7.74. The fraction of sp³-hybridized carbons (Fsp3) is 0.867. The highest BCUT2D eigenvalue weighted by molar-refractivity contribution is 5.86. The van der Waals surface area contributed by atoms with Crippen LogP contribution in [0.15, 0.2) is 0 Å². The van der Waals surface area contributed by atoms with E-state index in [0.717, 1.165) is 32.2 Å². The summed E-state index contributed by atoms with van der Waals surface area (Å²) in [6, 6.07) is -0.532. The number of rotatable bonds is 3. The number of alkyl carbamates (subject to hydrolysis) is 1. The van der Waals surface area contributed by atoms with Gasteiger partial charge in [-0.25, -0.2) is 4.79 Å². The van der Waals surface area contributed by atoms with Crippen LogP contribution in [0.1, 0.15) is 39.5 Å². The molecule has 0 aromatic heterocycles. The highest BCUT2D eigenvalue weighted by atomic mass is 16.5. The van der Waals surface area contributed by atoms with Gasteiger partial charge in [-0.3, -0.25) is 4.79 Å². The summed E-state index contributed by atoms with van der Waals surface area (Å²) in [6.07, 6.45) is 3.28. The lowest BCUT2D eigenvalue weighted by Crippen LogP contribution is -2.58. The van der Waals surface area contributed by atoms with E-state index in [1.165, 1.54) is 7.11 Å². The van der Waals surface area contributed by atoms with Crippen LogP contribution in [0.4, 0.5) is 4.79 Å². The van der Waals surface area contributed by atoms with Crippen LogP contribution in [-0.2, 0) is 14.3 Å². The van der Waals surface area contributed by atoms with Crippen molar-refractivity contribution in [3.8, 4) is 0 Å². The second-order valence-corrected chi connectivity index (χ2v) is 6.29. The summed E-state index contributed by atoms with van der Waals surface area (Å²) in [4.78, 5) is 26.4. The molecule has 1 atom stereocenters. The normalized spacial score (nSPS) is 22.4. The lowest BCUT2D eigenvalue weighted by atomic mass is 9.86. The maximum Gasteiger partial charge on any atom is 0.407 e. The lowest BCUT2D eigenvalue weighted by Gasteiger charge is -2.43. The van der Waals surface area contributed by atoms with Crippen molar-refractivity contribution >= 4 is 12.0 Å². The van der Waals surface area contributed by atoms with Crippen molar-refractivity contribution in [2.75, 3.05) is 26.9 Å². The number of amides is 2. The number of likely N-dealkylation sites (tertiary alicyclic amines) is 1. The number of methoxy groups -OCH3 is 1. The lowest BCUT2D eigenvalue weighted by molar-refractivity contribution is -0.142. The van der Waals surface area contributed by atoms with Crippen molar-refractivity contribution in [1.29, 1.82) is 0 Å². The summed E-state index contributed by atoms with van der Waals surface area (Å²) in [7, 11) is 1.31. The van der Waals surface area contributed by atoms with E-state index in [4.69, 9.17) is 4.74 Å². The maximum atomic E-state index is 12.9. The van der Waals surface area contributed by atoms with Crippen molar-refractivity contribution in [3.05, 3.63) is 0 Å². The van der Waals surface area contributed by atoms with E-state index < -0.39 is 12.1 Å². The summed E-state index contributed by atoms with van der Waals surface area (Å²) >= 11 is 0. The van der Waals surface area contributed by atoms with E-state index in [1.807, 2.05) is 18.7 Å². The Balaban J connectivity index is 2.13. The number of nitrogens with one attached hydrogen (secondary N) is 1. The van der Waals surface area contributed by atoms with Crippen molar-refractivity contribution in [2.45, 2.75) is 51.1 Å². The second kappa shape index (κ2) is 6.64. The zero-order valence-corrected chi connectivity index (χ0v) is 13.2. The second-order valence-electron chi connectivity index (χ2n) is 6.29. The van der Waals surface area contributed by atoms with E-state index >= 15 is 0 Å². The number of carbonyl (C=O) groups is 2. The third-order valence-corrected chi connectivity index (χ3v) is 4.68. The van der Waals surface area contributed by atoms with Gasteiger partial charge in [-0.1, -0.05) is 13.8 Å². The summed E-state index contributed by atoms with van der Waals surface area (Å²) < 4.78 is 10.1. The van der Waals surface area contributed by atoms with Gasteiger partial charge in [0.1, 0.15) is 6.04 Å². The Labute approximate surface area is 126 Å². The molecule has 6 nitrogen and oxygen atoms in total. The number of carbonyl (C=O) groups excluding carboxylic acids is 2. The van der Waals surface area contributed by atoms with Crippen molar-refractivity contribution in [3.63, 3.8) is 0 Å². The molecule has 0 saturated carbocycles. The minimum Gasteiger partial charge on any atom is -0.453 e. The predicted octanol–water partition coefficient (Wildman–Crippen LogP) is 1.54. The zero-order chi connectivity index (χ0) is 15.5. The predicted molar refractivity (Wildman–Crippen MR) is 77.9 cm³/mol. The van der Waals surface area contributed by atoms with Crippen LogP contribution in [0.3, 0.4) is 0 Å². The molecule has 0 radical (unpaired) electrons. The maximum absolute atomic E-state index is 12.9. The Hall–Kier alpha value is -1.30. The fourth-order valence-electron chi connectivity index (χ4n) is 3.42. The Bertz CT molecular complexity index is 391. The van der Waals surface area contributed by atoms with Gasteiger partial charge in [0.05, 0.1) is 7.11 Å². The molecule has 2 saturated heterocycles. The molecule has 21 heavy (non-hydrogen) atoms. The fourth-order valence-corrected chi connectivity index (χ4v) is 3.42. The van der Waals surface area contributed by atoms with Gasteiger partial charge in [-0.15, -0.1) is 0 Å². The number of ether oxygens (including phenoxy) is 2. The van der Waals surface area contributed by atoms with E-state index in [2.05, 4.69) is 10.1 Å². The van der Waals surface area contributed by atoms with Crippen molar-refractivity contribution in [1.82, 2.24) is 10.2 Å². The first-order valence-corrected chi connectivity index (χ1v) is 7.74. The highest BCUT2D eigenvalue weighted by Crippen LogP contribution is 2.38. The van der Waals surface area contributed by atoms with E-state index in [0.29, 0.717) is 13.2 Å². The van der Waals surface area contributed by atoms with Gasteiger partial charge in [-0.2, -0.15) is 0 Å². The molecule has 0 aromatic carbocycles. The monoisotopic (exact) mass is 298 g/mol. The molecule has 1 spiro atoms. The van der Waals surface area contributed by atoms with Crippen LogP contribution in [-0.4, -0.2) is 55.3 Å². The minimum atomic E-state index is -0.553. The molecule has 0 aliphatic carbocycles. The molecule has 0 aromatic rings. The van der Waals surface area contributed by atoms with Crippen molar-refractivity contribution in [2.24, 2.45) is 5.92 Å². The first-order chi connectivity index (χ1) is 10.00. The highest BCUT2D eigenvalue weighted by Gasteiger charge is 2.46. The average Bonchev–Trinajstić information content (AvgIpc) is 2.87. The molecular weight excluding hydrogens is 272 g/mol. The third kappa shape index (κ3) is 3.31. The SMILES string of the molecule is COC(=O)N[C@H](C(=O)N1CCCC12CCOCC2)C(C)C. The minimum absolute atomic E-state index is 0.00907. The molecule has 2 aliphatic heterocycles. The smallest absolute Gasteiger partial charge is 0.407 e. The van der Waals surface area contributed by atoms with Gasteiger partial charge in [0.25, 0.3) is 0 Å². The summed E-state index contributed by atoms with van der Waals surface area (Å²) in [5, 5.41) is 2.68. The van der Waals surface area contributed by atoms with Gasteiger partial charge in [-0.05, 0) is 31.6 Å². The Morgan fingerprint density at radius 1 is 1.24 bits per heavy atom.